The van der Waals surface area contributed by atoms with Crippen LogP contribution in [0.3, 0.4) is 0 Å². The van der Waals surface area contributed by atoms with Crippen molar-refractivity contribution in [2.45, 2.75) is 56.3 Å². The summed E-state index contributed by atoms with van der Waals surface area (Å²) in [7, 11) is -3.66. The zero-order chi connectivity index (χ0) is 19.0. The summed E-state index contributed by atoms with van der Waals surface area (Å²) in [4.78, 5) is 14.0. The van der Waals surface area contributed by atoms with E-state index >= 15 is 0 Å². The summed E-state index contributed by atoms with van der Waals surface area (Å²) >= 11 is 0. The van der Waals surface area contributed by atoms with Gasteiger partial charge in [-0.25, -0.2) is 8.42 Å². The largest absolute Gasteiger partial charge is 0.349 e. The second-order valence-corrected chi connectivity index (χ2v) is 9.25. The maximum Gasteiger partial charge on any atom is 0.243 e. The number of ether oxygens (including phenoxy) is 2. The van der Waals surface area contributed by atoms with E-state index in [0.29, 0.717) is 43.2 Å². The van der Waals surface area contributed by atoms with Gasteiger partial charge in [-0.15, -0.1) is 0 Å². The van der Waals surface area contributed by atoms with Crippen LogP contribution in [-0.4, -0.2) is 57.3 Å². The molecule has 0 aliphatic carbocycles. The van der Waals surface area contributed by atoms with Gasteiger partial charge in [0.25, 0.3) is 0 Å². The third kappa shape index (κ3) is 3.51. The Labute approximate surface area is 160 Å². The lowest BCUT2D eigenvalue weighted by Gasteiger charge is -2.37. The molecule has 0 N–H and O–H groups in total. The maximum atomic E-state index is 13.4. The summed E-state index contributed by atoms with van der Waals surface area (Å²) in [6.07, 6.45) is 3.45. The average molecular weight is 394 g/mol. The molecule has 0 aromatic heterocycles. The highest BCUT2D eigenvalue weighted by molar-refractivity contribution is 7.89. The van der Waals surface area contributed by atoms with Crippen LogP contribution < -0.4 is 4.90 Å². The first kappa shape index (κ1) is 18.9. The highest BCUT2D eigenvalue weighted by atomic mass is 32.2. The number of carbonyl (C=O) groups excluding carboxylic acids is 1. The Kier molecular flexibility index (Phi) is 5.24. The summed E-state index contributed by atoms with van der Waals surface area (Å²) < 4.78 is 39.6. The number of hydrogen-bond acceptors (Lipinski definition) is 5. The molecule has 4 rings (SSSR count). The fourth-order valence-electron chi connectivity index (χ4n) is 4.24. The van der Waals surface area contributed by atoms with Gasteiger partial charge in [0.1, 0.15) is 0 Å². The molecular weight excluding hydrogens is 368 g/mol. The zero-order valence-electron chi connectivity index (χ0n) is 15.6. The Hall–Kier alpha value is -1.48. The topological polar surface area (TPSA) is 76.2 Å². The summed E-state index contributed by atoms with van der Waals surface area (Å²) in [6.45, 7) is 3.97. The number of hydrogen-bond donors (Lipinski definition) is 0. The molecule has 0 radical (unpaired) electrons. The minimum atomic E-state index is -3.66. The van der Waals surface area contributed by atoms with Crippen LogP contribution in [0.25, 0.3) is 0 Å². The molecule has 8 heteroatoms. The first-order chi connectivity index (χ1) is 13.0. The van der Waals surface area contributed by atoms with E-state index in [2.05, 4.69) is 0 Å². The third-order valence-electron chi connectivity index (χ3n) is 5.59. The van der Waals surface area contributed by atoms with Crippen LogP contribution in [0.15, 0.2) is 23.1 Å². The van der Waals surface area contributed by atoms with Crippen LogP contribution in [0.4, 0.5) is 5.69 Å². The van der Waals surface area contributed by atoms with Crippen LogP contribution >= 0.6 is 0 Å². The van der Waals surface area contributed by atoms with Crippen molar-refractivity contribution < 1.29 is 22.7 Å². The van der Waals surface area contributed by atoms with Gasteiger partial charge in [0.15, 0.2) is 6.29 Å². The molecule has 27 heavy (non-hydrogen) atoms. The van der Waals surface area contributed by atoms with Gasteiger partial charge in [-0.2, -0.15) is 4.31 Å². The molecule has 0 bridgehead atoms. The highest BCUT2D eigenvalue weighted by Crippen LogP contribution is 2.33. The minimum absolute atomic E-state index is 0.0941. The molecule has 1 aromatic rings. The zero-order valence-corrected chi connectivity index (χ0v) is 16.4. The monoisotopic (exact) mass is 394 g/mol. The number of amides is 1. The summed E-state index contributed by atoms with van der Waals surface area (Å²) in [5.41, 5.74) is 1.43. The molecular formula is C19H26N2O5S. The number of anilines is 1. The number of carbonyl (C=O) groups is 1. The molecule has 1 aromatic carbocycles. The second-order valence-electron chi connectivity index (χ2n) is 7.39. The summed E-state index contributed by atoms with van der Waals surface area (Å²) in [5, 5.41) is 0. The Morgan fingerprint density at radius 3 is 2.52 bits per heavy atom. The van der Waals surface area contributed by atoms with Crippen molar-refractivity contribution >= 4 is 21.6 Å². The van der Waals surface area contributed by atoms with Gasteiger partial charge in [-0.1, -0.05) is 6.42 Å². The molecule has 3 aliphatic rings. The Morgan fingerprint density at radius 1 is 1.07 bits per heavy atom. The molecule has 7 nitrogen and oxygen atoms in total. The fourth-order valence-corrected chi connectivity index (χ4v) is 6.13. The number of aryl methyl sites for hydroxylation is 1. The SMILES string of the molecule is Cc1cc(N2CCCC2=O)ccc1S(=O)(=O)N1CCCCC1C1OCCO1. The van der Waals surface area contributed by atoms with Crippen LogP contribution in [0, 0.1) is 6.92 Å². The first-order valence-corrected chi connectivity index (χ1v) is 11.1. The van der Waals surface area contributed by atoms with Crippen molar-refractivity contribution in [3.05, 3.63) is 23.8 Å². The molecule has 1 amide bonds. The van der Waals surface area contributed by atoms with Crippen molar-refractivity contribution in [1.29, 1.82) is 0 Å². The van der Waals surface area contributed by atoms with Gasteiger partial charge in [-0.05, 0) is 49.9 Å². The van der Waals surface area contributed by atoms with Crippen LogP contribution in [0.1, 0.15) is 37.7 Å². The smallest absolute Gasteiger partial charge is 0.243 e. The lowest BCUT2D eigenvalue weighted by molar-refractivity contribution is -0.117. The minimum Gasteiger partial charge on any atom is -0.349 e. The first-order valence-electron chi connectivity index (χ1n) is 9.64. The molecule has 3 fully saturated rings. The quantitative estimate of drug-likeness (QED) is 0.781. The fraction of sp³-hybridized carbons (Fsp3) is 0.632. The Morgan fingerprint density at radius 2 is 1.85 bits per heavy atom. The average Bonchev–Trinajstić information content (AvgIpc) is 3.33. The van der Waals surface area contributed by atoms with Crippen LogP contribution in [-0.2, 0) is 24.3 Å². The van der Waals surface area contributed by atoms with E-state index in [4.69, 9.17) is 9.47 Å². The second kappa shape index (κ2) is 7.50. The van der Waals surface area contributed by atoms with E-state index in [-0.39, 0.29) is 11.9 Å². The normalized spacial score (nSPS) is 25.4. The maximum absolute atomic E-state index is 13.4. The van der Waals surface area contributed by atoms with Gasteiger partial charge in [0, 0.05) is 25.2 Å². The van der Waals surface area contributed by atoms with Gasteiger partial charge in [0.2, 0.25) is 15.9 Å². The van der Waals surface area contributed by atoms with E-state index in [1.807, 2.05) is 0 Å². The molecule has 3 aliphatic heterocycles. The number of piperidine rings is 1. The number of nitrogens with zero attached hydrogens (tertiary/aromatic N) is 2. The lowest BCUT2D eigenvalue weighted by Crippen LogP contribution is -2.50. The van der Waals surface area contributed by atoms with Crippen LogP contribution in [0.5, 0.6) is 0 Å². The van der Waals surface area contributed by atoms with Gasteiger partial charge >= 0.3 is 0 Å². The molecule has 1 atom stereocenters. The van der Waals surface area contributed by atoms with Crippen molar-refractivity contribution in [3.8, 4) is 0 Å². The van der Waals surface area contributed by atoms with Crippen molar-refractivity contribution in [2.75, 3.05) is 31.2 Å². The number of rotatable bonds is 4. The van der Waals surface area contributed by atoms with Gasteiger partial charge in [0.05, 0.1) is 24.2 Å². The summed E-state index contributed by atoms with van der Waals surface area (Å²) in [6, 6.07) is 4.89. The number of sulfonamides is 1. The predicted octanol–water partition coefficient (Wildman–Crippen LogP) is 2.04. The molecule has 3 saturated heterocycles. The highest BCUT2D eigenvalue weighted by Gasteiger charge is 2.41. The van der Waals surface area contributed by atoms with E-state index in [1.165, 1.54) is 0 Å². The third-order valence-corrected chi connectivity index (χ3v) is 7.67. The molecule has 3 heterocycles. The van der Waals surface area contributed by atoms with Crippen molar-refractivity contribution in [3.63, 3.8) is 0 Å². The van der Waals surface area contributed by atoms with Gasteiger partial charge < -0.3 is 14.4 Å². The van der Waals surface area contributed by atoms with E-state index in [9.17, 15) is 13.2 Å². The molecule has 1 unspecified atom stereocenters. The predicted molar refractivity (Wildman–Crippen MR) is 100.0 cm³/mol. The van der Waals surface area contributed by atoms with Crippen molar-refractivity contribution in [1.82, 2.24) is 4.31 Å². The molecule has 0 saturated carbocycles. The standard InChI is InChI=1S/C19H26N2O5S/c1-14-13-15(20-9-4-6-18(20)22)7-8-17(14)27(23,24)21-10-3-2-5-16(21)19-25-11-12-26-19/h7-8,13,16,19H,2-6,9-12H2,1H3. The van der Waals surface area contributed by atoms with E-state index < -0.39 is 16.3 Å². The molecule has 0 spiro atoms. The Bertz CT molecular complexity index is 819. The molecule has 148 valence electrons. The van der Waals surface area contributed by atoms with Gasteiger partial charge in [-0.3, -0.25) is 4.79 Å². The van der Waals surface area contributed by atoms with Crippen molar-refractivity contribution in [2.24, 2.45) is 0 Å². The Balaban J connectivity index is 1.63. The van der Waals surface area contributed by atoms with E-state index in [1.54, 1.807) is 34.3 Å². The summed E-state index contributed by atoms with van der Waals surface area (Å²) in [5.74, 6) is 0.0941. The number of benzene rings is 1. The lowest BCUT2D eigenvalue weighted by atomic mass is 10.0. The van der Waals surface area contributed by atoms with E-state index in [0.717, 1.165) is 31.4 Å². The van der Waals surface area contributed by atoms with Crippen LogP contribution in [0.2, 0.25) is 0 Å².